The van der Waals surface area contributed by atoms with Crippen LogP contribution in [0.4, 0.5) is 0 Å². The highest BCUT2D eigenvalue weighted by atomic mass is 16.5. The summed E-state index contributed by atoms with van der Waals surface area (Å²) in [6, 6.07) is 18.9. The van der Waals surface area contributed by atoms with Gasteiger partial charge >= 0.3 is 0 Å². The van der Waals surface area contributed by atoms with E-state index in [1.54, 1.807) is 11.0 Å². The third-order valence-corrected chi connectivity index (χ3v) is 6.18. The Labute approximate surface area is 174 Å². The molecule has 1 saturated heterocycles. The molecule has 7 nitrogen and oxygen atoms in total. The van der Waals surface area contributed by atoms with E-state index < -0.39 is 0 Å². The van der Waals surface area contributed by atoms with Crippen molar-refractivity contribution >= 4 is 5.91 Å². The lowest BCUT2D eigenvalue weighted by atomic mass is 10.1. The summed E-state index contributed by atoms with van der Waals surface area (Å²) in [5, 5.41) is 19.5. The first-order chi connectivity index (χ1) is 14.5. The maximum atomic E-state index is 12.9. The Bertz CT molecular complexity index is 1150. The average molecular weight is 399 g/mol. The monoisotopic (exact) mass is 399 g/mol. The summed E-state index contributed by atoms with van der Waals surface area (Å²) in [6.07, 6.45) is 3.07. The van der Waals surface area contributed by atoms with Crippen LogP contribution in [0.2, 0.25) is 0 Å². The summed E-state index contributed by atoms with van der Waals surface area (Å²) in [7, 11) is 0. The highest BCUT2D eigenvalue weighted by Crippen LogP contribution is 2.60. The molecule has 2 atom stereocenters. The van der Waals surface area contributed by atoms with E-state index in [-0.39, 0.29) is 16.9 Å². The maximum Gasteiger partial charge on any atom is 0.272 e. The number of fused-ring (bicyclic) bond motifs is 1. The van der Waals surface area contributed by atoms with Crippen LogP contribution in [0.5, 0.6) is 11.5 Å². The van der Waals surface area contributed by atoms with Gasteiger partial charge in [-0.3, -0.25) is 9.89 Å². The fourth-order valence-electron chi connectivity index (χ4n) is 4.44. The molecule has 7 heteroatoms. The molecule has 1 aromatic heterocycles. The molecule has 1 aliphatic carbocycles. The number of hydrogen-bond donors (Lipinski definition) is 2. The summed E-state index contributed by atoms with van der Waals surface area (Å²) in [6.45, 7) is 3.34. The van der Waals surface area contributed by atoms with Gasteiger partial charge < -0.3 is 15.0 Å². The van der Waals surface area contributed by atoms with Crippen LogP contribution >= 0.6 is 0 Å². The standard InChI is InChI=1S/C23H21N5O2/c1-22-12-23(22,14-28(13-22)15-24)25-21(29)19-11-18(26-27-19)17-9-5-6-10-20(17)30-16-7-3-2-4-8-16/h2-11H,12-14H2,1H3,(H,25,29)(H,26,27)/t22-,23-/m0/s1. The van der Waals surface area contributed by atoms with Crippen molar-refractivity contribution in [3.63, 3.8) is 0 Å². The van der Waals surface area contributed by atoms with Crippen LogP contribution in [0.3, 0.4) is 0 Å². The first-order valence-electron chi connectivity index (χ1n) is 9.87. The second-order valence-electron chi connectivity index (χ2n) is 8.31. The van der Waals surface area contributed by atoms with Gasteiger partial charge in [-0.2, -0.15) is 10.4 Å². The van der Waals surface area contributed by atoms with Gasteiger partial charge in [-0.15, -0.1) is 0 Å². The van der Waals surface area contributed by atoms with E-state index in [1.165, 1.54) is 0 Å². The zero-order chi connectivity index (χ0) is 20.8. The number of rotatable bonds is 5. The van der Waals surface area contributed by atoms with E-state index in [4.69, 9.17) is 4.74 Å². The summed E-state index contributed by atoms with van der Waals surface area (Å²) >= 11 is 0. The third-order valence-electron chi connectivity index (χ3n) is 6.18. The minimum atomic E-state index is -0.340. The Balaban J connectivity index is 1.36. The second kappa shape index (κ2) is 6.63. The maximum absolute atomic E-state index is 12.9. The molecular weight excluding hydrogens is 378 g/mol. The molecular formula is C23H21N5O2. The molecule has 2 aromatic carbocycles. The normalized spacial score (nSPS) is 24.1. The molecule has 1 aliphatic heterocycles. The van der Waals surface area contributed by atoms with E-state index in [9.17, 15) is 10.1 Å². The van der Waals surface area contributed by atoms with Gasteiger partial charge in [-0.05, 0) is 36.8 Å². The summed E-state index contributed by atoms with van der Waals surface area (Å²) in [5.41, 5.74) is 1.45. The molecule has 0 spiro atoms. The molecule has 2 heterocycles. The van der Waals surface area contributed by atoms with E-state index in [1.807, 2.05) is 54.6 Å². The Morgan fingerprint density at radius 1 is 1.20 bits per heavy atom. The quantitative estimate of drug-likeness (QED) is 0.640. The zero-order valence-electron chi connectivity index (χ0n) is 16.6. The number of aromatic nitrogens is 2. The molecule has 1 amide bonds. The largest absolute Gasteiger partial charge is 0.457 e. The van der Waals surface area contributed by atoms with Gasteiger partial charge in [0, 0.05) is 17.5 Å². The lowest BCUT2D eigenvalue weighted by molar-refractivity contribution is 0.0921. The molecule has 5 rings (SSSR count). The van der Waals surface area contributed by atoms with Crippen molar-refractivity contribution in [2.75, 3.05) is 13.1 Å². The molecule has 2 aliphatic rings. The van der Waals surface area contributed by atoms with Crippen molar-refractivity contribution < 1.29 is 9.53 Å². The predicted octanol–water partition coefficient (Wildman–Crippen LogP) is 3.54. The Morgan fingerprint density at radius 3 is 2.73 bits per heavy atom. The number of benzene rings is 2. The first kappa shape index (κ1) is 18.3. The van der Waals surface area contributed by atoms with Crippen molar-refractivity contribution in [1.29, 1.82) is 5.26 Å². The molecule has 0 unspecified atom stereocenters. The fourth-order valence-corrected chi connectivity index (χ4v) is 4.44. The molecule has 2 N–H and O–H groups in total. The van der Waals surface area contributed by atoms with Crippen molar-refractivity contribution in [1.82, 2.24) is 20.4 Å². The van der Waals surface area contributed by atoms with Crippen LogP contribution in [0.25, 0.3) is 11.3 Å². The number of carbonyl (C=O) groups excluding carboxylic acids is 1. The number of aromatic amines is 1. The van der Waals surface area contributed by atoms with Gasteiger partial charge in [0.1, 0.15) is 11.5 Å². The molecule has 150 valence electrons. The van der Waals surface area contributed by atoms with Gasteiger partial charge in [-0.25, -0.2) is 0 Å². The number of nitrogens with one attached hydrogen (secondary N) is 2. The van der Waals surface area contributed by atoms with E-state index >= 15 is 0 Å². The number of amides is 1. The number of carbonyl (C=O) groups is 1. The number of nitriles is 1. The Hall–Kier alpha value is -3.79. The summed E-state index contributed by atoms with van der Waals surface area (Å²) < 4.78 is 6.02. The van der Waals surface area contributed by atoms with Gasteiger partial charge in [0.25, 0.3) is 5.91 Å². The van der Waals surface area contributed by atoms with E-state index in [0.717, 1.165) is 17.7 Å². The highest BCUT2D eigenvalue weighted by molar-refractivity contribution is 5.94. The van der Waals surface area contributed by atoms with Gasteiger partial charge in [0.2, 0.25) is 0 Å². The topological polar surface area (TPSA) is 94.0 Å². The van der Waals surface area contributed by atoms with Crippen molar-refractivity contribution in [2.24, 2.45) is 5.41 Å². The minimum absolute atomic E-state index is 0.0480. The SMILES string of the molecule is C[C@]12CN(C#N)C[C@@]1(NC(=O)c1cc(-c3ccccc3Oc3ccccc3)[nH]n1)C2. The molecule has 3 aromatic rings. The fraction of sp³-hybridized carbons (Fsp3) is 0.261. The zero-order valence-corrected chi connectivity index (χ0v) is 16.6. The third kappa shape index (κ3) is 2.98. The van der Waals surface area contributed by atoms with Crippen molar-refractivity contribution in [2.45, 2.75) is 18.9 Å². The van der Waals surface area contributed by atoms with Gasteiger partial charge in [0.15, 0.2) is 11.9 Å². The van der Waals surface area contributed by atoms with Crippen molar-refractivity contribution in [3.8, 4) is 28.9 Å². The first-order valence-corrected chi connectivity index (χ1v) is 9.87. The Kier molecular flexibility index (Phi) is 4.03. The molecule has 1 saturated carbocycles. The molecule has 0 bridgehead atoms. The average Bonchev–Trinajstić information content (AvgIpc) is 3.07. The van der Waals surface area contributed by atoms with Crippen molar-refractivity contribution in [3.05, 3.63) is 66.4 Å². The van der Waals surface area contributed by atoms with Gasteiger partial charge in [-0.1, -0.05) is 37.3 Å². The van der Waals surface area contributed by atoms with E-state index in [2.05, 4.69) is 28.6 Å². The summed E-state index contributed by atoms with van der Waals surface area (Å²) in [4.78, 5) is 14.6. The number of piperidine rings is 1. The van der Waals surface area contributed by atoms with Crippen LogP contribution in [0, 0.1) is 16.9 Å². The summed E-state index contributed by atoms with van der Waals surface area (Å²) in [5.74, 6) is 1.17. The molecule has 0 radical (unpaired) electrons. The van der Waals surface area contributed by atoms with Crippen LogP contribution in [0.1, 0.15) is 23.8 Å². The lowest BCUT2D eigenvalue weighted by Gasteiger charge is -2.16. The van der Waals surface area contributed by atoms with Crippen LogP contribution < -0.4 is 10.1 Å². The van der Waals surface area contributed by atoms with E-state index in [0.29, 0.717) is 30.2 Å². The number of para-hydroxylation sites is 2. The number of H-pyrrole nitrogens is 1. The Morgan fingerprint density at radius 2 is 1.97 bits per heavy atom. The van der Waals surface area contributed by atoms with Gasteiger partial charge in [0.05, 0.1) is 17.8 Å². The molecule has 30 heavy (non-hydrogen) atoms. The van der Waals surface area contributed by atoms with Crippen LogP contribution in [-0.2, 0) is 0 Å². The predicted molar refractivity (Wildman–Crippen MR) is 111 cm³/mol. The minimum Gasteiger partial charge on any atom is -0.457 e. The second-order valence-corrected chi connectivity index (χ2v) is 8.31. The number of likely N-dealkylation sites (tertiary alicyclic amines) is 1. The number of nitrogens with zero attached hydrogens (tertiary/aromatic N) is 3. The lowest BCUT2D eigenvalue weighted by Crippen LogP contribution is -2.42. The smallest absolute Gasteiger partial charge is 0.272 e. The van der Waals surface area contributed by atoms with Crippen LogP contribution in [0.15, 0.2) is 60.7 Å². The number of ether oxygens (including phenoxy) is 1. The highest BCUT2D eigenvalue weighted by Gasteiger charge is 2.70. The van der Waals surface area contributed by atoms with Crippen LogP contribution in [-0.4, -0.2) is 39.6 Å². The number of hydrogen-bond acceptors (Lipinski definition) is 5. The molecule has 2 fully saturated rings.